The number of anilines is 1. The zero-order valence-corrected chi connectivity index (χ0v) is 8.41. The summed E-state index contributed by atoms with van der Waals surface area (Å²) in [7, 11) is 0. The zero-order valence-electron chi connectivity index (χ0n) is 8.41. The van der Waals surface area contributed by atoms with E-state index in [1.165, 1.54) is 0 Å². The van der Waals surface area contributed by atoms with Gasteiger partial charge in [0.05, 0.1) is 5.69 Å². The molecular formula is C10H14N2O2. The van der Waals surface area contributed by atoms with Crippen molar-refractivity contribution in [1.29, 1.82) is 0 Å². The van der Waals surface area contributed by atoms with E-state index in [0.29, 0.717) is 11.8 Å². The van der Waals surface area contributed by atoms with Crippen molar-refractivity contribution in [3.63, 3.8) is 0 Å². The summed E-state index contributed by atoms with van der Waals surface area (Å²) in [5, 5.41) is 6.57. The van der Waals surface area contributed by atoms with Gasteiger partial charge in [0.25, 0.3) is 0 Å². The second kappa shape index (κ2) is 3.44. The van der Waals surface area contributed by atoms with Gasteiger partial charge in [0.15, 0.2) is 0 Å². The maximum atomic E-state index is 11.4. The molecule has 1 amide bonds. The summed E-state index contributed by atoms with van der Waals surface area (Å²) in [5.41, 5.74) is 0.871. The maximum Gasteiger partial charge on any atom is 0.231 e. The Hall–Kier alpha value is -1.32. The molecule has 1 heterocycles. The van der Waals surface area contributed by atoms with Crippen LogP contribution in [0.5, 0.6) is 0 Å². The molecule has 0 aliphatic heterocycles. The maximum absolute atomic E-state index is 11.4. The lowest BCUT2D eigenvalue weighted by Crippen LogP contribution is -2.12. The first-order valence-corrected chi connectivity index (χ1v) is 4.94. The van der Waals surface area contributed by atoms with Crippen LogP contribution >= 0.6 is 0 Å². The molecule has 4 heteroatoms. The fourth-order valence-corrected chi connectivity index (χ4v) is 1.19. The van der Waals surface area contributed by atoms with Crippen molar-refractivity contribution in [2.24, 2.45) is 5.92 Å². The third-order valence-electron chi connectivity index (χ3n) is 2.31. The van der Waals surface area contributed by atoms with Gasteiger partial charge in [-0.25, -0.2) is 0 Å². The summed E-state index contributed by atoms with van der Waals surface area (Å²) in [4.78, 5) is 11.4. The highest BCUT2D eigenvalue weighted by Crippen LogP contribution is 2.30. The zero-order chi connectivity index (χ0) is 10.1. The molecule has 4 nitrogen and oxygen atoms in total. The fraction of sp³-hybridized carbons (Fsp3) is 0.600. The number of carbonyl (C=O) groups is 1. The van der Waals surface area contributed by atoms with E-state index in [1.807, 2.05) is 13.8 Å². The third kappa shape index (κ3) is 1.95. The van der Waals surface area contributed by atoms with Crippen LogP contribution < -0.4 is 5.32 Å². The van der Waals surface area contributed by atoms with Gasteiger partial charge in [-0.1, -0.05) is 19.0 Å². The van der Waals surface area contributed by atoms with Crippen molar-refractivity contribution in [2.45, 2.75) is 32.6 Å². The van der Waals surface area contributed by atoms with Crippen molar-refractivity contribution in [3.05, 3.63) is 11.8 Å². The van der Waals surface area contributed by atoms with Gasteiger partial charge in [0.1, 0.15) is 0 Å². The van der Waals surface area contributed by atoms with E-state index in [9.17, 15) is 4.79 Å². The summed E-state index contributed by atoms with van der Waals surface area (Å²) >= 11 is 0. The highest BCUT2D eigenvalue weighted by Gasteiger charge is 2.30. The minimum atomic E-state index is 0.0523. The number of carbonyl (C=O) groups excluding carboxylic acids is 1. The Morgan fingerprint density at radius 2 is 2.36 bits per heavy atom. The fourth-order valence-electron chi connectivity index (χ4n) is 1.19. The van der Waals surface area contributed by atoms with E-state index in [-0.39, 0.29) is 11.8 Å². The number of nitrogens with zero attached hydrogens (tertiary/aromatic N) is 1. The Balaban J connectivity index is 1.98. The van der Waals surface area contributed by atoms with Gasteiger partial charge >= 0.3 is 0 Å². The molecule has 1 saturated carbocycles. The van der Waals surface area contributed by atoms with Crippen LogP contribution in [-0.2, 0) is 4.79 Å². The molecule has 1 aliphatic rings. The van der Waals surface area contributed by atoms with Crippen molar-refractivity contribution in [2.75, 3.05) is 5.32 Å². The van der Waals surface area contributed by atoms with Gasteiger partial charge in [0, 0.05) is 12.0 Å². The van der Waals surface area contributed by atoms with Crippen LogP contribution in [0.1, 0.15) is 38.3 Å². The van der Waals surface area contributed by atoms with Crippen molar-refractivity contribution < 1.29 is 9.32 Å². The SMILES string of the molecule is CC(C)c1cc(NC(=O)C2CC2)on1. The summed E-state index contributed by atoms with van der Waals surface area (Å²) in [6.07, 6.45) is 1.99. The van der Waals surface area contributed by atoms with E-state index in [4.69, 9.17) is 4.52 Å². The van der Waals surface area contributed by atoms with Crippen LogP contribution in [0.4, 0.5) is 5.88 Å². The normalized spacial score (nSPS) is 15.9. The van der Waals surface area contributed by atoms with Gasteiger partial charge in [-0.15, -0.1) is 0 Å². The highest BCUT2D eigenvalue weighted by molar-refractivity contribution is 5.92. The lowest BCUT2D eigenvalue weighted by molar-refractivity contribution is -0.117. The predicted molar refractivity (Wildman–Crippen MR) is 51.9 cm³/mol. The lowest BCUT2D eigenvalue weighted by Gasteiger charge is -1.96. The second-order valence-corrected chi connectivity index (χ2v) is 4.03. The van der Waals surface area contributed by atoms with Crippen LogP contribution in [0.2, 0.25) is 0 Å². The molecule has 0 spiro atoms. The van der Waals surface area contributed by atoms with E-state index < -0.39 is 0 Å². The molecule has 0 saturated heterocycles. The lowest BCUT2D eigenvalue weighted by atomic mass is 10.1. The van der Waals surface area contributed by atoms with Crippen molar-refractivity contribution >= 4 is 11.8 Å². The Morgan fingerprint density at radius 1 is 1.64 bits per heavy atom. The average Bonchev–Trinajstić information content (AvgIpc) is 2.87. The Kier molecular flexibility index (Phi) is 2.27. The molecule has 1 N–H and O–H groups in total. The Morgan fingerprint density at radius 3 is 2.86 bits per heavy atom. The minimum Gasteiger partial charge on any atom is -0.338 e. The summed E-state index contributed by atoms with van der Waals surface area (Å²) < 4.78 is 4.99. The Labute approximate surface area is 82.7 Å². The van der Waals surface area contributed by atoms with Gasteiger partial charge in [0.2, 0.25) is 11.8 Å². The van der Waals surface area contributed by atoms with E-state index in [0.717, 1.165) is 18.5 Å². The van der Waals surface area contributed by atoms with Crippen LogP contribution in [0, 0.1) is 5.92 Å². The smallest absolute Gasteiger partial charge is 0.231 e. The predicted octanol–water partition coefficient (Wildman–Crippen LogP) is 2.15. The number of nitrogens with one attached hydrogen (secondary N) is 1. The molecule has 2 rings (SSSR count). The number of rotatable bonds is 3. The van der Waals surface area contributed by atoms with Crippen LogP contribution in [0.25, 0.3) is 0 Å². The molecule has 0 bridgehead atoms. The standard InChI is InChI=1S/C10H14N2O2/c1-6(2)8-5-9(14-12-8)11-10(13)7-3-4-7/h5-7H,3-4H2,1-2H3,(H,11,13). The van der Waals surface area contributed by atoms with Gasteiger partial charge in [-0.2, -0.15) is 0 Å². The second-order valence-electron chi connectivity index (χ2n) is 4.03. The number of aromatic nitrogens is 1. The molecule has 14 heavy (non-hydrogen) atoms. The van der Waals surface area contributed by atoms with E-state index in [1.54, 1.807) is 6.07 Å². The van der Waals surface area contributed by atoms with Gasteiger partial charge < -0.3 is 4.52 Å². The molecule has 0 aromatic carbocycles. The first-order valence-electron chi connectivity index (χ1n) is 4.94. The first-order chi connectivity index (χ1) is 6.66. The molecule has 76 valence electrons. The Bertz CT molecular complexity index is 340. The highest BCUT2D eigenvalue weighted by atomic mass is 16.5. The largest absolute Gasteiger partial charge is 0.338 e. The first kappa shape index (κ1) is 9.24. The summed E-state index contributed by atoms with van der Waals surface area (Å²) in [5.74, 6) is 1.04. The number of amides is 1. The van der Waals surface area contributed by atoms with Crippen LogP contribution in [-0.4, -0.2) is 11.1 Å². The topological polar surface area (TPSA) is 55.1 Å². The van der Waals surface area contributed by atoms with Crippen LogP contribution in [0.3, 0.4) is 0 Å². The molecule has 1 aromatic heterocycles. The average molecular weight is 194 g/mol. The molecule has 1 aliphatic carbocycles. The van der Waals surface area contributed by atoms with E-state index in [2.05, 4.69) is 10.5 Å². The quantitative estimate of drug-likeness (QED) is 0.802. The van der Waals surface area contributed by atoms with Crippen LogP contribution in [0.15, 0.2) is 10.6 Å². The monoisotopic (exact) mass is 194 g/mol. The molecule has 0 unspecified atom stereocenters. The van der Waals surface area contributed by atoms with E-state index >= 15 is 0 Å². The molecule has 0 radical (unpaired) electrons. The van der Waals surface area contributed by atoms with Crippen molar-refractivity contribution in [3.8, 4) is 0 Å². The van der Waals surface area contributed by atoms with Gasteiger partial charge in [-0.3, -0.25) is 10.1 Å². The number of hydrogen-bond acceptors (Lipinski definition) is 3. The van der Waals surface area contributed by atoms with Crippen molar-refractivity contribution in [1.82, 2.24) is 5.16 Å². The summed E-state index contributed by atoms with van der Waals surface area (Å²) in [6.45, 7) is 4.06. The minimum absolute atomic E-state index is 0.0523. The van der Waals surface area contributed by atoms with Gasteiger partial charge in [-0.05, 0) is 18.8 Å². The number of hydrogen-bond donors (Lipinski definition) is 1. The molecule has 1 fully saturated rings. The molecular weight excluding hydrogens is 180 g/mol. The molecule has 0 atom stereocenters. The third-order valence-corrected chi connectivity index (χ3v) is 2.31. The molecule has 1 aromatic rings. The summed E-state index contributed by atoms with van der Waals surface area (Å²) in [6, 6.07) is 1.78.